The van der Waals surface area contributed by atoms with Crippen LogP contribution in [0.4, 0.5) is 0 Å². The minimum absolute atomic E-state index is 0.0130. The van der Waals surface area contributed by atoms with Gasteiger partial charge < -0.3 is 19.6 Å². The minimum atomic E-state index is -0.942. The van der Waals surface area contributed by atoms with Gasteiger partial charge in [-0.2, -0.15) is 0 Å². The highest BCUT2D eigenvalue weighted by atomic mass is 16.5. The Balaban J connectivity index is 1.40. The van der Waals surface area contributed by atoms with Crippen LogP contribution in [0.3, 0.4) is 0 Å². The fourth-order valence-electron chi connectivity index (χ4n) is 3.37. The zero-order chi connectivity index (χ0) is 19.4. The summed E-state index contributed by atoms with van der Waals surface area (Å²) < 4.78 is 5.67. The van der Waals surface area contributed by atoms with E-state index in [1.165, 1.54) is 12.1 Å². The van der Waals surface area contributed by atoms with Crippen molar-refractivity contribution < 1.29 is 19.4 Å². The first-order chi connectivity index (χ1) is 12.9. The minimum Gasteiger partial charge on any atom is -0.494 e. The highest BCUT2D eigenvalue weighted by molar-refractivity contribution is 6.07. The lowest BCUT2D eigenvalue weighted by atomic mass is 9.88. The van der Waals surface area contributed by atoms with Crippen LogP contribution in [0.5, 0.6) is 5.75 Å². The Morgan fingerprint density at radius 1 is 1.30 bits per heavy atom. The third-order valence-electron chi connectivity index (χ3n) is 5.06. The number of hydrogen-bond donors (Lipinski definition) is 2. The number of carbonyl (C=O) groups is 2. The second kappa shape index (κ2) is 7.96. The number of nitrogens with zero attached hydrogens (tertiary/aromatic N) is 3. The van der Waals surface area contributed by atoms with E-state index in [1.54, 1.807) is 12.1 Å². The van der Waals surface area contributed by atoms with Crippen LogP contribution in [0.25, 0.3) is 0 Å². The van der Waals surface area contributed by atoms with Crippen LogP contribution in [0.1, 0.15) is 29.6 Å². The maximum Gasteiger partial charge on any atom is 0.335 e. The van der Waals surface area contributed by atoms with Crippen molar-refractivity contribution in [2.24, 2.45) is 4.99 Å². The lowest BCUT2D eigenvalue weighted by molar-refractivity contribution is -0.125. The Morgan fingerprint density at radius 2 is 1.96 bits per heavy atom. The van der Waals surface area contributed by atoms with Crippen LogP contribution in [-0.2, 0) is 4.79 Å². The van der Waals surface area contributed by atoms with E-state index in [9.17, 15) is 9.59 Å². The van der Waals surface area contributed by atoms with E-state index in [-0.39, 0.29) is 11.5 Å². The van der Waals surface area contributed by atoms with Gasteiger partial charge in [0.05, 0.1) is 12.2 Å². The van der Waals surface area contributed by atoms with Crippen molar-refractivity contribution in [3.63, 3.8) is 0 Å². The Morgan fingerprint density at radius 3 is 2.52 bits per heavy atom. The number of ether oxygens (including phenoxy) is 1. The molecule has 27 heavy (non-hydrogen) atoms. The molecule has 0 unspecified atom stereocenters. The zero-order valence-electron chi connectivity index (χ0n) is 15.8. The van der Waals surface area contributed by atoms with Gasteiger partial charge in [0, 0.05) is 33.7 Å². The monoisotopic (exact) mass is 374 g/mol. The number of rotatable bonds is 6. The molecule has 0 saturated carbocycles. The molecule has 1 aromatic carbocycles. The molecule has 2 aliphatic heterocycles. The van der Waals surface area contributed by atoms with Crippen molar-refractivity contribution in [1.29, 1.82) is 0 Å². The van der Waals surface area contributed by atoms with Crippen molar-refractivity contribution >= 4 is 17.8 Å². The first kappa shape index (κ1) is 19.2. The smallest absolute Gasteiger partial charge is 0.335 e. The summed E-state index contributed by atoms with van der Waals surface area (Å²) in [4.78, 5) is 32.0. The lowest BCUT2D eigenvalue weighted by Crippen LogP contribution is -2.49. The Bertz CT molecular complexity index is 722. The number of benzene rings is 1. The first-order valence-corrected chi connectivity index (χ1v) is 9.17. The van der Waals surface area contributed by atoms with E-state index >= 15 is 0 Å². The van der Waals surface area contributed by atoms with E-state index < -0.39 is 11.5 Å². The van der Waals surface area contributed by atoms with E-state index in [4.69, 9.17) is 9.84 Å². The molecule has 1 saturated heterocycles. The van der Waals surface area contributed by atoms with Crippen LogP contribution in [0.2, 0.25) is 0 Å². The molecule has 0 aliphatic carbocycles. The molecule has 0 bridgehead atoms. The van der Waals surface area contributed by atoms with Gasteiger partial charge in [-0.15, -0.1) is 0 Å². The third-order valence-corrected chi connectivity index (χ3v) is 5.06. The molecule has 0 radical (unpaired) electrons. The molecule has 2 heterocycles. The van der Waals surface area contributed by atoms with Crippen molar-refractivity contribution in [3.05, 3.63) is 29.8 Å². The van der Waals surface area contributed by atoms with Crippen molar-refractivity contribution in [1.82, 2.24) is 15.1 Å². The molecule has 3 rings (SSSR count). The van der Waals surface area contributed by atoms with Gasteiger partial charge in [0.1, 0.15) is 11.3 Å². The largest absolute Gasteiger partial charge is 0.494 e. The number of nitrogens with one attached hydrogen (secondary N) is 1. The standard InChI is InChI=1S/C19H26N4O4/c1-22(2)18-20-17(26)19(21-18)8-11-23(12-9-19)10-3-13-27-15-6-4-14(5-7-15)16(24)25/h4-7H,3,8-13H2,1-2H3,(H,24,25)(H,20,21,26). The third kappa shape index (κ3) is 4.39. The number of aromatic carboxylic acids is 1. The van der Waals surface area contributed by atoms with Gasteiger partial charge in [-0.1, -0.05) is 0 Å². The van der Waals surface area contributed by atoms with Crippen LogP contribution in [-0.4, -0.2) is 78.6 Å². The maximum absolute atomic E-state index is 12.3. The lowest BCUT2D eigenvalue weighted by Gasteiger charge is -2.35. The van der Waals surface area contributed by atoms with Crippen molar-refractivity contribution in [2.75, 3.05) is 40.3 Å². The van der Waals surface area contributed by atoms with Gasteiger partial charge in [0.2, 0.25) is 5.96 Å². The van der Waals surface area contributed by atoms with Gasteiger partial charge >= 0.3 is 5.97 Å². The first-order valence-electron chi connectivity index (χ1n) is 9.17. The summed E-state index contributed by atoms with van der Waals surface area (Å²) in [5.41, 5.74) is -0.348. The molecular weight excluding hydrogens is 348 g/mol. The second-order valence-corrected chi connectivity index (χ2v) is 7.19. The molecule has 1 aromatic rings. The average Bonchev–Trinajstić information content (AvgIpc) is 2.97. The van der Waals surface area contributed by atoms with Crippen molar-refractivity contribution in [3.8, 4) is 5.75 Å². The number of carboxylic acids is 1. The molecule has 8 nitrogen and oxygen atoms in total. The Kier molecular flexibility index (Phi) is 5.65. The predicted octanol–water partition coefficient (Wildman–Crippen LogP) is 1.04. The fraction of sp³-hybridized carbons (Fsp3) is 0.526. The number of amides is 1. The number of guanidine groups is 1. The van der Waals surface area contributed by atoms with Gasteiger partial charge in [-0.05, 0) is 43.5 Å². The molecule has 2 aliphatic rings. The quantitative estimate of drug-likeness (QED) is 0.723. The molecule has 1 spiro atoms. The number of piperidine rings is 1. The molecule has 0 aromatic heterocycles. The van der Waals surface area contributed by atoms with Crippen LogP contribution in [0, 0.1) is 0 Å². The highest BCUT2D eigenvalue weighted by Crippen LogP contribution is 2.30. The molecule has 0 atom stereocenters. The number of hydrogen-bond acceptors (Lipinski definition) is 6. The number of carboxylic acid groups (broad SMARTS) is 1. The second-order valence-electron chi connectivity index (χ2n) is 7.19. The zero-order valence-corrected chi connectivity index (χ0v) is 15.8. The van der Waals surface area contributed by atoms with E-state index in [2.05, 4.69) is 15.2 Å². The molecular formula is C19H26N4O4. The average molecular weight is 374 g/mol. The van der Waals surface area contributed by atoms with E-state index in [1.807, 2.05) is 19.0 Å². The molecule has 2 N–H and O–H groups in total. The molecule has 8 heteroatoms. The summed E-state index contributed by atoms with van der Waals surface area (Å²) in [6, 6.07) is 6.42. The topological polar surface area (TPSA) is 94.5 Å². The summed E-state index contributed by atoms with van der Waals surface area (Å²) in [7, 11) is 3.75. The Hall–Kier alpha value is -2.61. The summed E-state index contributed by atoms with van der Waals surface area (Å²) in [6.07, 6.45) is 2.33. The summed E-state index contributed by atoms with van der Waals surface area (Å²) in [5, 5.41) is 11.8. The number of carbonyl (C=O) groups excluding carboxylic acids is 1. The SMILES string of the molecule is CN(C)C1=NC2(CCN(CCCOc3ccc(C(=O)O)cc3)CC2)C(=O)N1. The molecule has 1 fully saturated rings. The molecule has 1 amide bonds. The fourth-order valence-corrected chi connectivity index (χ4v) is 3.37. The highest BCUT2D eigenvalue weighted by Gasteiger charge is 2.46. The number of likely N-dealkylation sites (tertiary alicyclic amines) is 1. The number of aliphatic imine (C=N–C) groups is 1. The van der Waals surface area contributed by atoms with Gasteiger partial charge in [-0.25, -0.2) is 9.79 Å². The normalized spacial score (nSPS) is 18.9. The van der Waals surface area contributed by atoms with Crippen LogP contribution < -0.4 is 10.1 Å². The van der Waals surface area contributed by atoms with Gasteiger partial charge in [-0.3, -0.25) is 10.1 Å². The predicted molar refractivity (Wildman–Crippen MR) is 101 cm³/mol. The summed E-state index contributed by atoms with van der Waals surface area (Å²) in [6.45, 7) is 3.14. The van der Waals surface area contributed by atoms with E-state index in [0.717, 1.165) is 38.9 Å². The maximum atomic E-state index is 12.3. The van der Waals surface area contributed by atoms with Crippen molar-refractivity contribution in [2.45, 2.75) is 24.8 Å². The van der Waals surface area contributed by atoms with Crippen LogP contribution >= 0.6 is 0 Å². The van der Waals surface area contributed by atoms with E-state index in [0.29, 0.717) is 18.3 Å². The Labute approximate surface area is 158 Å². The molecule has 146 valence electrons. The van der Waals surface area contributed by atoms with Crippen LogP contribution in [0.15, 0.2) is 29.3 Å². The van der Waals surface area contributed by atoms with Gasteiger partial charge in [0.25, 0.3) is 5.91 Å². The van der Waals surface area contributed by atoms with Gasteiger partial charge in [0.15, 0.2) is 0 Å². The summed E-state index contributed by atoms with van der Waals surface area (Å²) >= 11 is 0. The summed E-state index contributed by atoms with van der Waals surface area (Å²) in [5.74, 6) is 0.392.